The lowest BCUT2D eigenvalue weighted by Crippen LogP contribution is -2.54. The van der Waals surface area contributed by atoms with Gasteiger partial charge in [-0.15, -0.1) is 0 Å². The van der Waals surface area contributed by atoms with Crippen LogP contribution in [-0.4, -0.2) is 32.5 Å². The van der Waals surface area contributed by atoms with Gasteiger partial charge in [0.05, 0.1) is 12.8 Å². The van der Waals surface area contributed by atoms with Gasteiger partial charge in [0.15, 0.2) is 10.9 Å². The Morgan fingerprint density at radius 3 is 2.31 bits per heavy atom. The van der Waals surface area contributed by atoms with Crippen LogP contribution in [0.5, 0.6) is 11.5 Å². The van der Waals surface area contributed by atoms with Crippen LogP contribution in [0.15, 0.2) is 83.3 Å². The Bertz CT molecular complexity index is 1450. The van der Waals surface area contributed by atoms with E-state index < -0.39 is 21.9 Å². The average molecular weight is 509 g/mol. The Balaban J connectivity index is 1.76. The number of amides is 2. The van der Waals surface area contributed by atoms with Crippen molar-refractivity contribution < 1.29 is 26.9 Å². The number of para-hydroxylation sites is 1. The highest BCUT2D eigenvalue weighted by Gasteiger charge is 2.34. The summed E-state index contributed by atoms with van der Waals surface area (Å²) in [4.78, 5) is 27.1. The van der Waals surface area contributed by atoms with Crippen LogP contribution in [-0.2, 0) is 19.7 Å². The molecule has 0 radical (unpaired) electrons. The molecule has 3 aromatic carbocycles. The van der Waals surface area contributed by atoms with Crippen molar-refractivity contribution in [3.63, 3.8) is 0 Å². The van der Waals surface area contributed by atoms with Crippen molar-refractivity contribution in [2.75, 3.05) is 12.0 Å². The van der Waals surface area contributed by atoms with Crippen LogP contribution in [0, 0.1) is 6.92 Å². The second kappa shape index (κ2) is 9.69. The summed E-state index contributed by atoms with van der Waals surface area (Å²) in [5.41, 5.74) is 1.30. The van der Waals surface area contributed by atoms with Gasteiger partial charge in [-0.1, -0.05) is 35.9 Å². The number of rotatable bonds is 6. The van der Waals surface area contributed by atoms with Crippen LogP contribution in [0.3, 0.4) is 0 Å². The van der Waals surface area contributed by atoms with E-state index >= 15 is 0 Å². The molecule has 0 spiro atoms. The van der Waals surface area contributed by atoms with E-state index in [0.29, 0.717) is 11.4 Å². The number of hydrogen-bond acceptors (Lipinski definition) is 7. The summed E-state index contributed by atoms with van der Waals surface area (Å²) in [6.07, 6.45) is 1.26. The predicted octanol–water partition coefficient (Wildman–Crippen LogP) is 3.60. The monoisotopic (exact) mass is 508 g/mol. The van der Waals surface area contributed by atoms with E-state index in [9.17, 15) is 18.0 Å². The first-order valence-electron chi connectivity index (χ1n) is 10.4. The van der Waals surface area contributed by atoms with Crippen LogP contribution in [0.1, 0.15) is 11.1 Å². The van der Waals surface area contributed by atoms with Gasteiger partial charge in [-0.2, -0.15) is 8.42 Å². The molecule has 2 amide bonds. The van der Waals surface area contributed by atoms with Gasteiger partial charge in [0.2, 0.25) is 0 Å². The second-order valence-corrected chi connectivity index (χ2v) is 9.48. The Labute approximate surface area is 207 Å². The van der Waals surface area contributed by atoms with Crippen LogP contribution < -0.4 is 19.1 Å². The molecule has 10 heteroatoms. The number of methoxy groups -OCH3 is 1. The number of carbonyl (C=O) groups is 2. The quantitative estimate of drug-likeness (QED) is 0.235. The summed E-state index contributed by atoms with van der Waals surface area (Å²) in [5.74, 6) is -1.16. The molecular weight excluding hydrogens is 488 g/mol. The maximum Gasteiger partial charge on any atom is 0.339 e. The molecule has 0 aliphatic carbocycles. The first kappa shape index (κ1) is 24.1. The third-order valence-corrected chi connectivity index (χ3v) is 6.68. The molecule has 1 aliphatic rings. The number of hydrogen-bond donors (Lipinski definition) is 1. The number of carbonyl (C=O) groups excluding carboxylic acids is 2. The summed E-state index contributed by atoms with van der Waals surface area (Å²) < 4.78 is 36.4. The molecule has 0 atom stereocenters. The second-order valence-electron chi connectivity index (χ2n) is 7.55. The van der Waals surface area contributed by atoms with E-state index in [-0.39, 0.29) is 26.9 Å². The molecule has 0 unspecified atom stereocenters. The molecule has 4 rings (SSSR count). The van der Waals surface area contributed by atoms with Gasteiger partial charge in [0.25, 0.3) is 11.8 Å². The first-order chi connectivity index (χ1) is 16.7. The van der Waals surface area contributed by atoms with E-state index in [0.717, 1.165) is 5.56 Å². The fourth-order valence-electron chi connectivity index (χ4n) is 3.33. The Hall–Kier alpha value is -4.02. The summed E-state index contributed by atoms with van der Waals surface area (Å²) >= 11 is 5.20. The molecule has 0 bridgehead atoms. The first-order valence-corrected chi connectivity index (χ1v) is 12.2. The molecular formula is C25H20N2O6S2. The van der Waals surface area contributed by atoms with Crippen LogP contribution >= 0.6 is 12.2 Å². The fraction of sp³-hybridized carbons (Fsp3) is 0.0800. The minimum Gasteiger partial charge on any atom is -0.497 e. The molecule has 35 heavy (non-hydrogen) atoms. The highest BCUT2D eigenvalue weighted by Crippen LogP contribution is 2.31. The number of aryl methyl sites for hydroxylation is 1. The summed E-state index contributed by atoms with van der Waals surface area (Å²) in [7, 11) is -2.79. The summed E-state index contributed by atoms with van der Waals surface area (Å²) in [6, 6.07) is 19.2. The molecule has 0 saturated carbocycles. The molecule has 1 N–H and O–H groups in total. The van der Waals surface area contributed by atoms with Crippen LogP contribution in [0.2, 0.25) is 0 Å². The van der Waals surface area contributed by atoms with E-state index in [1.165, 1.54) is 42.4 Å². The molecule has 0 aromatic heterocycles. The maximum absolute atomic E-state index is 13.2. The van der Waals surface area contributed by atoms with Crippen molar-refractivity contribution in [3.8, 4) is 11.5 Å². The zero-order valence-electron chi connectivity index (χ0n) is 18.7. The number of nitrogens with zero attached hydrogens (tertiary/aromatic N) is 1. The molecule has 1 heterocycles. The van der Waals surface area contributed by atoms with Gasteiger partial charge in [-0.05, 0) is 61.6 Å². The number of benzene rings is 3. The molecule has 1 saturated heterocycles. The van der Waals surface area contributed by atoms with Gasteiger partial charge in [0, 0.05) is 11.6 Å². The van der Waals surface area contributed by atoms with Gasteiger partial charge in [-0.25, -0.2) is 0 Å². The number of ether oxygens (including phenoxy) is 1. The molecule has 3 aromatic rings. The minimum atomic E-state index is -4.21. The van der Waals surface area contributed by atoms with Gasteiger partial charge in [0.1, 0.15) is 16.2 Å². The number of nitrogens with one attached hydrogen (secondary N) is 1. The summed E-state index contributed by atoms with van der Waals surface area (Å²) in [6.45, 7) is 1.83. The van der Waals surface area contributed by atoms with Gasteiger partial charge >= 0.3 is 10.1 Å². The number of anilines is 1. The predicted molar refractivity (Wildman–Crippen MR) is 135 cm³/mol. The smallest absolute Gasteiger partial charge is 0.339 e. The SMILES string of the molecule is COc1ccc(/C=C2/C(=O)NC(=S)N(c3ccccc3)C2=O)c(OS(=O)(=O)c2ccc(C)cc2)c1. The van der Waals surface area contributed by atoms with Crippen molar-refractivity contribution in [1.29, 1.82) is 0 Å². The topological polar surface area (TPSA) is 102 Å². The van der Waals surface area contributed by atoms with Gasteiger partial charge < -0.3 is 8.92 Å². The highest BCUT2D eigenvalue weighted by molar-refractivity contribution is 7.87. The van der Waals surface area contributed by atoms with Crippen LogP contribution in [0.4, 0.5) is 5.69 Å². The van der Waals surface area contributed by atoms with E-state index in [4.69, 9.17) is 21.1 Å². The third-order valence-electron chi connectivity index (χ3n) is 5.15. The largest absolute Gasteiger partial charge is 0.497 e. The zero-order valence-corrected chi connectivity index (χ0v) is 20.4. The Morgan fingerprint density at radius 2 is 1.66 bits per heavy atom. The lowest BCUT2D eigenvalue weighted by molar-refractivity contribution is -0.122. The molecule has 8 nitrogen and oxygen atoms in total. The Kier molecular flexibility index (Phi) is 6.68. The van der Waals surface area contributed by atoms with Crippen molar-refractivity contribution >= 4 is 51.0 Å². The normalized spacial score (nSPS) is 15.2. The van der Waals surface area contributed by atoms with Crippen molar-refractivity contribution in [1.82, 2.24) is 5.32 Å². The average Bonchev–Trinajstić information content (AvgIpc) is 2.83. The van der Waals surface area contributed by atoms with Crippen molar-refractivity contribution in [2.24, 2.45) is 0 Å². The number of thiocarbonyl (C=S) groups is 1. The van der Waals surface area contributed by atoms with Gasteiger partial charge in [-0.3, -0.25) is 19.8 Å². The lowest BCUT2D eigenvalue weighted by atomic mass is 10.1. The summed E-state index contributed by atoms with van der Waals surface area (Å²) in [5, 5.41) is 2.44. The molecule has 1 aliphatic heterocycles. The van der Waals surface area contributed by atoms with E-state index in [1.54, 1.807) is 48.5 Å². The van der Waals surface area contributed by atoms with E-state index in [1.807, 2.05) is 6.92 Å². The molecule has 178 valence electrons. The standard InChI is InChI=1S/C25H20N2O6S2/c1-16-8-12-20(13-9-16)35(30,31)33-22-15-19(32-2)11-10-17(22)14-21-23(28)26-25(34)27(24(21)29)18-6-4-3-5-7-18/h3-15H,1-2H3,(H,26,28,34)/b21-14-. The van der Waals surface area contributed by atoms with Crippen molar-refractivity contribution in [3.05, 3.63) is 89.5 Å². The van der Waals surface area contributed by atoms with Crippen molar-refractivity contribution in [2.45, 2.75) is 11.8 Å². The molecule has 1 fully saturated rings. The highest BCUT2D eigenvalue weighted by atomic mass is 32.2. The zero-order chi connectivity index (χ0) is 25.2. The Morgan fingerprint density at radius 1 is 0.971 bits per heavy atom. The third kappa shape index (κ3) is 5.08. The maximum atomic E-state index is 13.2. The fourth-order valence-corrected chi connectivity index (χ4v) is 4.56. The lowest BCUT2D eigenvalue weighted by Gasteiger charge is -2.28. The van der Waals surface area contributed by atoms with E-state index in [2.05, 4.69) is 5.32 Å². The van der Waals surface area contributed by atoms with Crippen LogP contribution in [0.25, 0.3) is 6.08 Å². The minimum absolute atomic E-state index is 0.0448.